The van der Waals surface area contributed by atoms with Crippen molar-refractivity contribution < 1.29 is 14.0 Å². The lowest BCUT2D eigenvalue weighted by atomic mass is 9.94. The molecule has 5 rings (SSSR count). The highest BCUT2D eigenvalue weighted by Gasteiger charge is 2.41. The van der Waals surface area contributed by atoms with Crippen LogP contribution >= 0.6 is 0 Å². The number of nitrogens with zero attached hydrogens (tertiary/aromatic N) is 6. The zero-order valence-electron chi connectivity index (χ0n) is 16.1. The molecule has 3 aliphatic heterocycles. The average molecular weight is 384 g/mol. The number of piperidine rings is 1. The van der Waals surface area contributed by atoms with Crippen molar-refractivity contribution in [3.8, 4) is 11.5 Å². The first-order valence-electron chi connectivity index (χ1n) is 9.47. The number of carbonyl (C=O) groups excluding carboxylic acids is 2. The van der Waals surface area contributed by atoms with Crippen molar-refractivity contribution in [2.75, 3.05) is 33.7 Å². The average Bonchev–Trinajstić information content (AvgIpc) is 3.00. The molecule has 2 bridgehead atoms. The maximum atomic E-state index is 12.8. The minimum absolute atomic E-state index is 0.0378. The van der Waals surface area contributed by atoms with Crippen LogP contribution in [-0.2, 0) is 16.1 Å². The first-order valence-corrected chi connectivity index (χ1v) is 9.47. The van der Waals surface area contributed by atoms with Gasteiger partial charge in [0.05, 0.1) is 18.0 Å². The van der Waals surface area contributed by atoms with Crippen molar-refractivity contribution in [3.05, 3.63) is 30.4 Å². The summed E-state index contributed by atoms with van der Waals surface area (Å²) in [6.45, 7) is 1.98. The van der Waals surface area contributed by atoms with Gasteiger partial charge >= 0.3 is 0 Å². The molecule has 0 spiro atoms. The van der Waals surface area contributed by atoms with Gasteiger partial charge in [-0.05, 0) is 25.0 Å². The fraction of sp³-hybridized carbons (Fsp3) is 0.526. The molecule has 3 fully saturated rings. The lowest BCUT2D eigenvalue weighted by Crippen LogP contribution is -2.51. The molecule has 0 aromatic carbocycles. The van der Waals surface area contributed by atoms with Crippen LogP contribution in [0, 0.1) is 5.92 Å². The molecule has 148 valence electrons. The molecule has 5 heterocycles. The lowest BCUT2D eigenvalue weighted by molar-refractivity contribution is -0.145. The Labute approximate surface area is 163 Å². The van der Waals surface area contributed by atoms with E-state index in [2.05, 4.69) is 20.1 Å². The van der Waals surface area contributed by atoms with Gasteiger partial charge in [0, 0.05) is 45.6 Å². The van der Waals surface area contributed by atoms with Crippen LogP contribution in [0.1, 0.15) is 18.7 Å². The molecule has 0 aliphatic carbocycles. The Balaban J connectivity index is 1.45. The number of pyridine rings is 1. The molecule has 9 heteroatoms. The normalized spacial score (nSPS) is 22.4. The molecule has 9 nitrogen and oxygen atoms in total. The topological polar surface area (TPSA) is 95.7 Å². The number of fused-ring (bicyclic) bond motifs is 4. The van der Waals surface area contributed by atoms with Crippen LogP contribution in [0.25, 0.3) is 11.5 Å². The standard InChI is InChI=1S/C19H24N6O3/c1-23(2)17(26)12-25-15-6-5-14(19(25)27)9-24(10-15)11-16-21-22-18(28-16)13-4-3-7-20-8-13/h3-4,7-8,14-15H,5-6,9-12H2,1-2H3/t14-,15+/m1/s1. The van der Waals surface area contributed by atoms with Crippen LogP contribution in [0.3, 0.4) is 0 Å². The Morgan fingerprint density at radius 1 is 1.29 bits per heavy atom. The molecule has 0 N–H and O–H groups in total. The highest BCUT2D eigenvalue weighted by atomic mass is 16.4. The lowest BCUT2D eigenvalue weighted by Gasteiger charge is -2.36. The van der Waals surface area contributed by atoms with Crippen molar-refractivity contribution in [1.29, 1.82) is 0 Å². The number of hydrogen-bond acceptors (Lipinski definition) is 7. The molecular weight excluding hydrogens is 360 g/mol. The van der Waals surface area contributed by atoms with Crippen molar-refractivity contribution in [3.63, 3.8) is 0 Å². The molecule has 2 aromatic rings. The molecule has 3 saturated heterocycles. The molecule has 3 aliphatic rings. The van der Waals surface area contributed by atoms with Crippen molar-refractivity contribution in [2.45, 2.75) is 25.4 Å². The van der Waals surface area contributed by atoms with Crippen molar-refractivity contribution in [1.82, 2.24) is 29.9 Å². The van der Waals surface area contributed by atoms with Crippen LogP contribution in [0.15, 0.2) is 28.9 Å². The number of carbonyl (C=O) groups is 2. The zero-order valence-corrected chi connectivity index (χ0v) is 16.1. The maximum absolute atomic E-state index is 12.8. The van der Waals surface area contributed by atoms with Gasteiger partial charge in [0.25, 0.3) is 0 Å². The molecule has 0 saturated carbocycles. The van der Waals surface area contributed by atoms with Crippen LogP contribution in [0.4, 0.5) is 0 Å². The van der Waals surface area contributed by atoms with Gasteiger partial charge in [-0.2, -0.15) is 0 Å². The third kappa shape index (κ3) is 3.75. The van der Waals surface area contributed by atoms with E-state index in [1.807, 2.05) is 12.1 Å². The summed E-state index contributed by atoms with van der Waals surface area (Å²) < 4.78 is 5.79. The summed E-state index contributed by atoms with van der Waals surface area (Å²) >= 11 is 0. The number of hydrogen-bond donors (Lipinski definition) is 0. The van der Waals surface area contributed by atoms with Crippen molar-refractivity contribution >= 4 is 11.8 Å². The van der Waals surface area contributed by atoms with Gasteiger partial charge in [-0.25, -0.2) is 0 Å². The summed E-state index contributed by atoms with van der Waals surface area (Å²) in [4.78, 5) is 34.5. The van der Waals surface area contributed by atoms with Gasteiger partial charge in [0.15, 0.2) is 0 Å². The highest BCUT2D eigenvalue weighted by molar-refractivity contribution is 5.86. The summed E-state index contributed by atoms with van der Waals surface area (Å²) in [5, 5.41) is 8.26. The second-order valence-electron chi connectivity index (χ2n) is 7.62. The first kappa shape index (κ1) is 18.5. The molecular formula is C19H24N6O3. The number of amides is 2. The fourth-order valence-corrected chi connectivity index (χ4v) is 3.87. The van der Waals surface area contributed by atoms with E-state index in [4.69, 9.17) is 4.42 Å². The minimum Gasteiger partial charge on any atom is -0.419 e. The molecule has 0 radical (unpaired) electrons. The minimum atomic E-state index is -0.0885. The molecule has 0 unspecified atom stereocenters. The highest BCUT2D eigenvalue weighted by Crippen LogP contribution is 2.30. The summed E-state index contributed by atoms with van der Waals surface area (Å²) in [5.41, 5.74) is 0.778. The van der Waals surface area contributed by atoms with E-state index in [-0.39, 0.29) is 30.3 Å². The van der Waals surface area contributed by atoms with Crippen LogP contribution in [-0.4, -0.2) is 81.5 Å². The third-order valence-corrected chi connectivity index (χ3v) is 5.41. The van der Waals surface area contributed by atoms with E-state index in [1.165, 1.54) is 4.90 Å². The van der Waals surface area contributed by atoms with Gasteiger partial charge in [0.2, 0.25) is 23.6 Å². The molecule has 28 heavy (non-hydrogen) atoms. The Bertz CT molecular complexity index is 852. The van der Waals surface area contributed by atoms with Crippen LogP contribution < -0.4 is 0 Å². The number of rotatable bonds is 5. The monoisotopic (exact) mass is 384 g/mol. The first-order chi connectivity index (χ1) is 13.5. The van der Waals surface area contributed by atoms with E-state index < -0.39 is 0 Å². The van der Waals surface area contributed by atoms with Crippen LogP contribution in [0.2, 0.25) is 0 Å². The predicted molar refractivity (Wildman–Crippen MR) is 99.7 cm³/mol. The maximum Gasteiger partial charge on any atom is 0.249 e. The van der Waals surface area contributed by atoms with E-state index in [1.54, 1.807) is 31.4 Å². The van der Waals surface area contributed by atoms with Gasteiger partial charge in [-0.15, -0.1) is 10.2 Å². The van der Waals surface area contributed by atoms with E-state index in [0.29, 0.717) is 31.4 Å². The number of likely N-dealkylation sites (N-methyl/N-ethyl adjacent to an activating group) is 1. The Kier molecular flexibility index (Phi) is 5.08. The Hall–Kier alpha value is -2.81. The smallest absolute Gasteiger partial charge is 0.249 e. The summed E-state index contributed by atoms with van der Waals surface area (Å²) in [5.74, 6) is 0.897. The Morgan fingerprint density at radius 2 is 2.14 bits per heavy atom. The van der Waals surface area contributed by atoms with E-state index in [0.717, 1.165) is 18.4 Å². The Morgan fingerprint density at radius 3 is 2.89 bits per heavy atom. The summed E-state index contributed by atoms with van der Waals surface area (Å²) in [6, 6.07) is 3.73. The zero-order chi connectivity index (χ0) is 19.7. The molecule has 2 atom stereocenters. The third-order valence-electron chi connectivity index (χ3n) is 5.41. The second-order valence-corrected chi connectivity index (χ2v) is 7.62. The fourth-order valence-electron chi connectivity index (χ4n) is 3.87. The van der Waals surface area contributed by atoms with Gasteiger partial charge < -0.3 is 14.2 Å². The molecule has 2 amide bonds. The largest absolute Gasteiger partial charge is 0.419 e. The number of aromatic nitrogens is 3. The van der Waals surface area contributed by atoms with Crippen LogP contribution in [0.5, 0.6) is 0 Å². The van der Waals surface area contributed by atoms with E-state index in [9.17, 15) is 9.59 Å². The molecule has 2 aromatic heterocycles. The summed E-state index contributed by atoms with van der Waals surface area (Å²) in [7, 11) is 3.43. The van der Waals surface area contributed by atoms with Gasteiger partial charge in [-0.1, -0.05) is 0 Å². The predicted octanol–water partition coefficient (Wildman–Crippen LogP) is 0.643. The SMILES string of the molecule is CN(C)C(=O)CN1C(=O)[C@@H]2CC[C@H]1CN(Cc1nnc(-c3cccnc3)o1)C2. The second kappa shape index (κ2) is 7.67. The van der Waals surface area contributed by atoms with Crippen molar-refractivity contribution in [2.24, 2.45) is 5.92 Å². The van der Waals surface area contributed by atoms with Gasteiger partial charge in [0.1, 0.15) is 6.54 Å². The van der Waals surface area contributed by atoms with Gasteiger partial charge in [-0.3, -0.25) is 19.5 Å². The summed E-state index contributed by atoms with van der Waals surface area (Å²) in [6.07, 6.45) is 5.15. The van der Waals surface area contributed by atoms with E-state index >= 15 is 0 Å². The quantitative estimate of drug-likeness (QED) is 0.746.